The summed E-state index contributed by atoms with van der Waals surface area (Å²) in [5.74, 6) is 1.18. The van der Waals surface area contributed by atoms with Crippen molar-refractivity contribution in [1.82, 2.24) is 24.7 Å². The van der Waals surface area contributed by atoms with Crippen molar-refractivity contribution in [2.45, 2.75) is 0 Å². The lowest BCUT2D eigenvalue weighted by atomic mass is 10.1. The van der Waals surface area contributed by atoms with Crippen LogP contribution in [0.15, 0.2) is 90.4 Å². The first-order valence-corrected chi connectivity index (χ1v) is 13.2. The van der Waals surface area contributed by atoms with Crippen LogP contribution in [0.25, 0.3) is 38.9 Å². The number of H-pyrrole nitrogens is 1. The molecule has 37 heavy (non-hydrogen) atoms. The Bertz CT molecular complexity index is 1670. The van der Waals surface area contributed by atoms with Gasteiger partial charge in [0.1, 0.15) is 0 Å². The maximum Gasteiger partial charge on any atom is 0.211 e. The summed E-state index contributed by atoms with van der Waals surface area (Å²) in [6.07, 6.45) is 1.77. The van der Waals surface area contributed by atoms with Crippen LogP contribution in [0.2, 0.25) is 15.1 Å². The summed E-state index contributed by atoms with van der Waals surface area (Å²) in [5.41, 5.74) is 5.49. The fourth-order valence-electron chi connectivity index (χ4n) is 3.81. The molecule has 3 aromatic heterocycles. The first-order valence-electron chi connectivity index (χ1n) is 11.2. The Morgan fingerprint density at radius 2 is 1.35 bits per heavy atom. The number of thiazole rings is 1. The number of hydrogen-bond donors (Lipinski definition) is 2. The number of halogens is 3. The molecule has 0 unspecified atom stereocenters. The van der Waals surface area contributed by atoms with Gasteiger partial charge in [-0.15, -0.1) is 16.4 Å². The molecule has 0 bridgehead atoms. The third-order valence-electron chi connectivity index (χ3n) is 5.64. The van der Waals surface area contributed by atoms with Crippen molar-refractivity contribution < 1.29 is 0 Å². The van der Waals surface area contributed by atoms with E-state index in [2.05, 4.69) is 15.3 Å². The van der Waals surface area contributed by atoms with Crippen molar-refractivity contribution in [2.75, 3.05) is 5.32 Å². The van der Waals surface area contributed by atoms with Crippen LogP contribution in [0.5, 0.6) is 0 Å². The Labute approximate surface area is 231 Å². The van der Waals surface area contributed by atoms with E-state index in [9.17, 15) is 0 Å². The molecule has 0 fully saturated rings. The summed E-state index contributed by atoms with van der Waals surface area (Å²) in [6, 6.07) is 24.8. The zero-order chi connectivity index (χ0) is 25.4. The highest BCUT2D eigenvalue weighted by Crippen LogP contribution is 2.32. The highest BCUT2D eigenvalue weighted by atomic mass is 35.5. The molecule has 10 heteroatoms. The van der Waals surface area contributed by atoms with Crippen LogP contribution in [-0.2, 0) is 0 Å². The van der Waals surface area contributed by atoms with E-state index >= 15 is 0 Å². The van der Waals surface area contributed by atoms with Gasteiger partial charge in [-0.05, 0) is 42.0 Å². The molecule has 6 aromatic rings. The second-order valence-electron chi connectivity index (χ2n) is 8.13. The van der Waals surface area contributed by atoms with Gasteiger partial charge in [0.15, 0.2) is 5.82 Å². The summed E-state index contributed by atoms with van der Waals surface area (Å²) in [4.78, 5) is 12.6. The summed E-state index contributed by atoms with van der Waals surface area (Å²) in [6.45, 7) is 0. The maximum atomic E-state index is 6.14. The van der Waals surface area contributed by atoms with Crippen molar-refractivity contribution in [3.05, 3.63) is 106 Å². The molecule has 0 saturated carbocycles. The quantitative estimate of drug-likeness (QED) is 0.212. The van der Waals surface area contributed by atoms with E-state index in [1.807, 2.05) is 88.9 Å². The molecule has 2 N–H and O–H groups in total. The molecule has 0 aliphatic carbocycles. The van der Waals surface area contributed by atoms with Crippen LogP contribution < -0.4 is 5.32 Å². The number of nitrogens with one attached hydrogen (secondary N) is 2. The third-order valence-corrected chi connectivity index (χ3v) is 7.21. The van der Waals surface area contributed by atoms with E-state index in [4.69, 9.17) is 44.9 Å². The smallest absolute Gasteiger partial charge is 0.211 e. The lowest BCUT2D eigenvalue weighted by Crippen LogP contribution is -2.00. The van der Waals surface area contributed by atoms with Crippen LogP contribution in [0, 0.1) is 0 Å². The monoisotopic (exact) mass is 562 g/mol. The lowest BCUT2D eigenvalue weighted by molar-refractivity contribution is 0.880. The summed E-state index contributed by atoms with van der Waals surface area (Å²) >= 11 is 19.7. The van der Waals surface area contributed by atoms with Crippen LogP contribution in [0.1, 0.15) is 0 Å². The summed E-state index contributed by atoms with van der Waals surface area (Å²) < 4.78 is 1.82. The second kappa shape index (κ2) is 10.0. The van der Waals surface area contributed by atoms with Gasteiger partial charge in [0.25, 0.3) is 0 Å². The van der Waals surface area contributed by atoms with Gasteiger partial charge < -0.3 is 10.3 Å². The molecule has 6 nitrogen and oxygen atoms in total. The molecule has 3 aromatic carbocycles. The molecule has 0 amide bonds. The van der Waals surface area contributed by atoms with Crippen LogP contribution in [-0.4, -0.2) is 24.7 Å². The third kappa shape index (κ3) is 5.12. The predicted octanol–water partition coefficient (Wildman–Crippen LogP) is 8.76. The number of aromatic nitrogens is 5. The van der Waals surface area contributed by atoms with E-state index in [1.165, 1.54) is 11.3 Å². The van der Waals surface area contributed by atoms with Crippen molar-refractivity contribution in [3.63, 3.8) is 0 Å². The first-order chi connectivity index (χ1) is 18.0. The SMILES string of the molecule is Clc1ccc(-c2csc(-n3nc(Nc4ncc(-c5ccc(Cl)cc5)[nH]4)cc3-c3ccc(Cl)cc3)n2)cc1. The number of hydrogen-bond acceptors (Lipinski definition) is 5. The largest absolute Gasteiger partial charge is 0.324 e. The van der Waals surface area contributed by atoms with E-state index < -0.39 is 0 Å². The Morgan fingerprint density at radius 1 is 0.757 bits per heavy atom. The zero-order valence-electron chi connectivity index (χ0n) is 19.0. The highest BCUT2D eigenvalue weighted by Gasteiger charge is 2.16. The van der Waals surface area contributed by atoms with Crippen molar-refractivity contribution >= 4 is 57.9 Å². The van der Waals surface area contributed by atoms with E-state index in [-0.39, 0.29) is 0 Å². The van der Waals surface area contributed by atoms with Gasteiger partial charge in [0.2, 0.25) is 11.1 Å². The van der Waals surface area contributed by atoms with Crippen LogP contribution in [0.3, 0.4) is 0 Å². The predicted molar refractivity (Wildman–Crippen MR) is 152 cm³/mol. The van der Waals surface area contributed by atoms with Gasteiger partial charge in [0, 0.05) is 37.6 Å². The van der Waals surface area contributed by atoms with E-state index in [0.717, 1.165) is 38.9 Å². The minimum absolute atomic E-state index is 0.568. The second-order valence-corrected chi connectivity index (χ2v) is 10.3. The molecule has 6 rings (SSSR count). The molecule has 0 radical (unpaired) electrons. The molecule has 0 aliphatic rings. The van der Waals surface area contributed by atoms with Crippen LogP contribution in [0.4, 0.5) is 11.8 Å². The zero-order valence-corrected chi connectivity index (χ0v) is 22.1. The van der Waals surface area contributed by atoms with Gasteiger partial charge in [0.05, 0.1) is 23.3 Å². The molecular formula is C27H17Cl3N6S. The number of anilines is 2. The number of aromatic amines is 1. The van der Waals surface area contributed by atoms with Gasteiger partial charge in [-0.2, -0.15) is 0 Å². The summed E-state index contributed by atoms with van der Waals surface area (Å²) in [5, 5.41) is 12.8. The lowest BCUT2D eigenvalue weighted by Gasteiger charge is -2.04. The van der Waals surface area contributed by atoms with Crippen molar-refractivity contribution in [2.24, 2.45) is 0 Å². The van der Waals surface area contributed by atoms with Crippen LogP contribution >= 0.6 is 46.1 Å². The average Bonchev–Trinajstić information content (AvgIpc) is 3.66. The van der Waals surface area contributed by atoms with Crippen molar-refractivity contribution in [3.8, 4) is 38.9 Å². The highest BCUT2D eigenvalue weighted by molar-refractivity contribution is 7.12. The maximum absolute atomic E-state index is 6.14. The Kier molecular flexibility index (Phi) is 6.44. The standard InChI is InChI=1S/C27H17Cl3N6S/c28-19-7-1-16(2-8-19)22-14-31-26(32-22)34-25-13-24(18-5-11-21(30)12-6-18)36(35-25)27-33-23(15-37-27)17-3-9-20(29)10-4-17/h1-15H,(H2,31,32,34,35). The topological polar surface area (TPSA) is 71.4 Å². The molecule has 0 aliphatic heterocycles. The van der Waals surface area contributed by atoms with Gasteiger partial charge in [-0.25, -0.2) is 14.6 Å². The number of nitrogens with zero attached hydrogens (tertiary/aromatic N) is 4. The van der Waals surface area contributed by atoms with E-state index in [1.54, 1.807) is 6.20 Å². The van der Waals surface area contributed by atoms with E-state index in [0.29, 0.717) is 26.8 Å². The fourth-order valence-corrected chi connectivity index (χ4v) is 4.99. The summed E-state index contributed by atoms with van der Waals surface area (Å²) in [7, 11) is 0. The Morgan fingerprint density at radius 3 is 2.00 bits per heavy atom. The van der Waals surface area contributed by atoms with Gasteiger partial charge in [-0.3, -0.25) is 0 Å². The van der Waals surface area contributed by atoms with Gasteiger partial charge >= 0.3 is 0 Å². The Balaban J connectivity index is 1.35. The van der Waals surface area contributed by atoms with Gasteiger partial charge in [-0.1, -0.05) is 71.2 Å². The Hall–Kier alpha value is -3.62. The number of benzene rings is 3. The molecule has 0 saturated heterocycles. The molecule has 182 valence electrons. The first kappa shape index (κ1) is 23.8. The molecule has 3 heterocycles. The number of imidazole rings is 1. The molecule has 0 atom stereocenters. The molecular weight excluding hydrogens is 547 g/mol. The average molecular weight is 564 g/mol. The van der Waals surface area contributed by atoms with Crippen molar-refractivity contribution in [1.29, 1.82) is 0 Å². The minimum Gasteiger partial charge on any atom is -0.324 e. The fraction of sp³-hybridized carbons (Fsp3) is 0. The molecule has 0 spiro atoms. The minimum atomic E-state index is 0.568. The normalized spacial score (nSPS) is 11.1. The number of rotatable bonds is 6.